The third kappa shape index (κ3) is 10.4. The maximum absolute atomic E-state index is 3.31. The van der Waals surface area contributed by atoms with Crippen molar-refractivity contribution in [2.75, 3.05) is 0 Å². The fourth-order valence-corrected chi connectivity index (χ4v) is 9.80. The van der Waals surface area contributed by atoms with E-state index in [1.807, 2.05) is 6.07 Å². The molecule has 0 bridgehead atoms. The summed E-state index contributed by atoms with van der Waals surface area (Å²) < 4.78 is 0. The molecule has 0 aromatic heterocycles. The molecule has 0 saturated carbocycles. The molecule has 2 heteroatoms. The van der Waals surface area contributed by atoms with Gasteiger partial charge in [-0.25, -0.2) is 0 Å². The molecule has 0 nitrogen and oxygen atoms in total. The molecule has 2 unspecified atom stereocenters. The molecule has 8 aromatic rings. The summed E-state index contributed by atoms with van der Waals surface area (Å²) in [7, 11) is 0.795. The number of aryl methyl sites for hydroxylation is 2. The van der Waals surface area contributed by atoms with Crippen molar-refractivity contribution in [1.29, 1.82) is 0 Å². The van der Waals surface area contributed by atoms with Crippen molar-refractivity contribution in [2.45, 2.75) is 105 Å². The number of hydrogen-bond donors (Lipinski definition) is 0. The first-order chi connectivity index (χ1) is 28.9. The van der Waals surface area contributed by atoms with E-state index in [9.17, 15) is 0 Å². The topological polar surface area (TPSA) is 0 Å². The van der Waals surface area contributed by atoms with Crippen LogP contribution in [0.25, 0.3) is 54.9 Å². The molecule has 1 aliphatic rings. The molecule has 0 saturated heterocycles. The van der Waals surface area contributed by atoms with Gasteiger partial charge in [0.05, 0.1) is 9.52 Å². The average Bonchev–Trinajstić information content (AvgIpc) is 4.03. The van der Waals surface area contributed by atoms with Crippen molar-refractivity contribution >= 4 is 41.4 Å². The Morgan fingerprint density at radius 3 is 1.45 bits per heavy atom. The predicted octanol–water partition coefficient (Wildman–Crippen LogP) is 15.3. The summed E-state index contributed by atoms with van der Waals surface area (Å²) in [5, 5.41) is 8.40. The SMILES string of the molecule is CCCCc1ccccc1-c1cccc2[cH-]c(C(C)CC)cc12.CCCCc1ccccc1-c1cccc2[cH-]c(C(C)CC)cc12.[Zr+3].[c-]1cccc2c1[Si]c1ccccc1-2. The normalized spacial score (nSPS) is 12.4. The second-order valence-electron chi connectivity index (χ2n) is 16.5. The molecular weight excluding hydrogens is 816 g/mol. The molecule has 8 aromatic carbocycles. The molecule has 3 radical (unpaired) electrons. The Labute approximate surface area is 383 Å². The fourth-order valence-electron chi connectivity index (χ4n) is 8.49. The summed E-state index contributed by atoms with van der Waals surface area (Å²) in [6, 6.07) is 59.1. The minimum absolute atomic E-state index is 0. The van der Waals surface area contributed by atoms with Crippen LogP contribution in [0.3, 0.4) is 0 Å². The molecule has 9 rings (SSSR count). The van der Waals surface area contributed by atoms with E-state index in [1.165, 1.54) is 139 Å². The maximum atomic E-state index is 3.31. The van der Waals surface area contributed by atoms with Gasteiger partial charge in [0.1, 0.15) is 0 Å². The zero-order chi connectivity index (χ0) is 41.1. The van der Waals surface area contributed by atoms with Gasteiger partial charge in [0.15, 0.2) is 0 Å². The van der Waals surface area contributed by atoms with E-state index in [4.69, 9.17) is 0 Å². The van der Waals surface area contributed by atoms with Crippen LogP contribution >= 0.6 is 0 Å². The van der Waals surface area contributed by atoms with Crippen LogP contribution in [0.5, 0.6) is 0 Å². The van der Waals surface area contributed by atoms with E-state index >= 15 is 0 Å². The van der Waals surface area contributed by atoms with Crippen molar-refractivity contribution in [3.05, 3.63) is 180 Å². The summed E-state index contributed by atoms with van der Waals surface area (Å²) in [6.45, 7) is 13.7. The van der Waals surface area contributed by atoms with Crippen molar-refractivity contribution in [1.82, 2.24) is 0 Å². The minimum atomic E-state index is 0. The average molecular weight is 877 g/mol. The molecule has 1 heterocycles. The first kappa shape index (κ1) is 45.2. The molecule has 0 spiro atoms. The largest absolute Gasteiger partial charge is 3.00 e. The molecule has 0 N–H and O–H groups in total. The van der Waals surface area contributed by atoms with Crippen LogP contribution in [-0.4, -0.2) is 9.52 Å². The third-order valence-electron chi connectivity index (χ3n) is 12.5. The van der Waals surface area contributed by atoms with E-state index in [1.54, 1.807) is 0 Å². The Hall–Kier alpha value is -4.36. The standard InChI is InChI=1S/2C23H27.C12H7Si.Zr/c2*1-4-6-10-18-11-7-8-13-21(18)22-14-9-12-19-15-20(16-23(19)22)17(3)5-2;1-3-7-11-9(5-1)10-6-2-4-8-12(10)13-11;/h2*7-9,11-17H,4-6,10H2,1-3H3;1-7H;/q3*-1;+3. The molecular formula is C58H61SiZr. The van der Waals surface area contributed by atoms with Crippen molar-refractivity contribution in [2.24, 2.45) is 0 Å². The molecule has 0 fully saturated rings. The van der Waals surface area contributed by atoms with E-state index in [0.29, 0.717) is 11.8 Å². The van der Waals surface area contributed by atoms with Gasteiger partial charge in [0, 0.05) is 0 Å². The van der Waals surface area contributed by atoms with Gasteiger partial charge in [-0.3, -0.25) is 0 Å². The minimum Gasteiger partial charge on any atom is -0.184 e. The van der Waals surface area contributed by atoms with Crippen LogP contribution < -0.4 is 10.4 Å². The number of benzene rings is 6. The molecule has 301 valence electrons. The third-order valence-corrected chi connectivity index (χ3v) is 13.8. The molecule has 60 heavy (non-hydrogen) atoms. The van der Waals surface area contributed by atoms with Crippen molar-refractivity contribution < 1.29 is 26.2 Å². The van der Waals surface area contributed by atoms with Crippen LogP contribution in [0.2, 0.25) is 0 Å². The Balaban J connectivity index is 0.000000155. The van der Waals surface area contributed by atoms with Crippen LogP contribution in [0, 0.1) is 6.07 Å². The Bertz CT molecular complexity index is 2400. The Kier molecular flexibility index (Phi) is 16.5. The van der Waals surface area contributed by atoms with Crippen LogP contribution in [-0.2, 0) is 39.0 Å². The quantitative estimate of drug-likeness (QED) is 0.0847. The molecule has 0 aliphatic carbocycles. The van der Waals surface area contributed by atoms with E-state index in [-0.39, 0.29) is 26.2 Å². The predicted molar refractivity (Wildman–Crippen MR) is 260 cm³/mol. The van der Waals surface area contributed by atoms with E-state index < -0.39 is 0 Å². The molecule has 2 atom stereocenters. The van der Waals surface area contributed by atoms with E-state index in [2.05, 4.69) is 193 Å². The second-order valence-corrected chi connectivity index (χ2v) is 17.8. The van der Waals surface area contributed by atoms with Gasteiger partial charge < -0.3 is 0 Å². The summed E-state index contributed by atoms with van der Waals surface area (Å²) in [5.41, 5.74) is 14.3. The second kappa shape index (κ2) is 21.9. The summed E-state index contributed by atoms with van der Waals surface area (Å²) in [6.07, 6.45) is 9.72. The summed E-state index contributed by atoms with van der Waals surface area (Å²) >= 11 is 0. The zero-order valence-corrected chi connectivity index (χ0v) is 40.2. The Morgan fingerprint density at radius 2 is 0.950 bits per heavy atom. The van der Waals surface area contributed by atoms with Gasteiger partial charge in [0.25, 0.3) is 0 Å². The first-order valence-electron chi connectivity index (χ1n) is 22.4. The van der Waals surface area contributed by atoms with Crippen LogP contribution in [0.15, 0.2) is 152 Å². The number of unbranched alkanes of at least 4 members (excludes halogenated alkanes) is 2. The smallest absolute Gasteiger partial charge is 0.184 e. The monoisotopic (exact) mass is 875 g/mol. The Morgan fingerprint density at radius 1 is 0.500 bits per heavy atom. The van der Waals surface area contributed by atoms with Gasteiger partial charge in [-0.2, -0.15) is 41.6 Å². The maximum Gasteiger partial charge on any atom is 3.00 e. The molecule has 0 amide bonds. The summed E-state index contributed by atoms with van der Waals surface area (Å²) in [4.78, 5) is 0. The van der Waals surface area contributed by atoms with Crippen molar-refractivity contribution in [3.63, 3.8) is 0 Å². The fraction of sp³-hybridized carbons (Fsp3) is 0.276. The number of fused-ring (bicyclic) bond motifs is 5. The zero-order valence-electron chi connectivity index (χ0n) is 36.7. The van der Waals surface area contributed by atoms with Gasteiger partial charge in [-0.1, -0.05) is 174 Å². The van der Waals surface area contributed by atoms with Gasteiger partial charge in [-0.05, 0) is 59.8 Å². The summed E-state index contributed by atoms with van der Waals surface area (Å²) in [5.74, 6) is 1.26. The first-order valence-corrected chi connectivity index (χ1v) is 23.4. The van der Waals surface area contributed by atoms with Gasteiger partial charge in [0.2, 0.25) is 0 Å². The van der Waals surface area contributed by atoms with Crippen LogP contribution in [0.4, 0.5) is 0 Å². The van der Waals surface area contributed by atoms with E-state index in [0.717, 1.165) is 9.52 Å². The van der Waals surface area contributed by atoms with Gasteiger partial charge in [-0.15, -0.1) is 74.6 Å². The van der Waals surface area contributed by atoms with Gasteiger partial charge >= 0.3 is 26.2 Å². The van der Waals surface area contributed by atoms with Crippen LogP contribution in [0.1, 0.15) is 114 Å². The molecule has 1 aliphatic heterocycles. The number of rotatable bonds is 12. The van der Waals surface area contributed by atoms with Crippen molar-refractivity contribution in [3.8, 4) is 33.4 Å². The number of hydrogen-bond acceptors (Lipinski definition) is 0.